The molecule has 0 aliphatic carbocycles. The molecule has 1 aromatic carbocycles. The zero-order chi connectivity index (χ0) is 16.9. The summed E-state index contributed by atoms with van der Waals surface area (Å²) in [6.07, 6.45) is 0. The topological polar surface area (TPSA) is 186 Å². The van der Waals surface area contributed by atoms with E-state index in [2.05, 4.69) is 9.98 Å². The Morgan fingerprint density at radius 1 is 1.23 bits per heavy atom. The van der Waals surface area contributed by atoms with Gasteiger partial charge in [0.15, 0.2) is 5.96 Å². The van der Waals surface area contributed by atoms with Crippen LogP contribution in [0.3, 0.4) is 0 Å². The average molecular weight is 328 g/mol. The first-order valence-electron chi connectivity index (χ1n) is 5.91. The average Bonchev–Trinajstić information content (AvgIpc) is 2.37. The normalized spacial score (nSPS) is 13.4. The molecule has 0 aliphatic heterocycles. The number of benzene rings is 1. The third kappa shape index (κ3) is 5.03. The van der Waals surface area contributed by atoms with E-state index in [1.807, 2.05) is 4.72 Å². The lowest BCUT2D eigenvalue weighted by atomic mass is 10.3. The van der Waals surface area contributed by atoms with Crippen molar-refractivity contribution in [3.8, 4) is 0 Å². The summed E-state index contributed by atoms with van der Waals surface area (Å²) in [6.45, 7) is 1.22. The fourth-order valence-electron chi connectivity index (χ4n) is 1.34. The Balaban J connectivity index is 2.98. The molecular weight excluding hydrogens is 312 g/mol. The highest BCUT2D eigenvalue weighted by molar-refractivity contribution is 7.89. The first-order chi connectivity index (χ1) is 10.1. The molecule has 0 aliphatic rings. The number of aliphatic imine (C=N–C) groups is 2. The van der Waals surface area contributed by atoms with Crippen molar-refractivity contribution in [2.75, 3.05) is 0 Å². The second-order valence-corrected chi connectivity index (χ2v) is 5.90. The predicted molar refractivity (Wildman–Crippen MR) is 81.0 cm³/mol. The number of carboxylic acid groups (broad SMARTS) is 1. The maximum Gasteiger partial charge on any atom is 0.321 e. The summed E-state index contributed by atoms with van der Waals surface area (Å²) in [6, 6.07) is 3.99. The van der Waals surface area contributed by atoms with E-state index in [0.29, 0.717) is 5.69 Å². The highest BCUT2D eigenvalue weighted by Crippen LogP contribution is 2.16. The number of rotatable bonds is 5. The zero-order valence-electron chi connectivity index (χ0n) is 11.6. The molecule has 1 unspecified atom stereocenters. The lowest BCUT2D eigenvalue weighted by Gasteiger charge is -2.10. The molecule has 0 radical (unpaired) electrons. The van der Waals surface area contributed by atoms with Gasteiger partial charge in [-0.15, -0.1) is 0 Å². The van der Waals surface area contributed by atoms with Crippen LogP contribution in [0.4, 0.5) is 5.69 Å². The third-order valence-corrected chi connectivity index (χ3v) is 3.89. The molecule has 1 rings (SSSR count). The Labute approximate surface area is 126 Å². The molecule has 8 N–H and O–H groups in total. The maximum absolute atomic E-state index is 11.9. The van der Waals surface area contributed by atoms with Gasteiger partial charge >= 0.3 is 5.97 Å². The summed E-state index contributed by atoms with van der Waals surface area (Å²) < 4.78 is 25.9. The number of hydrogen-bond donors (Lipinski definition) is 5. The van der Waals surface area contributed by atoms with Crippen molar-refractivity contribution >= 4 is 33.6 Å². The highest BCUT2D eigenvalue weighted by atomic mass is 32.2. The fourth-order valence-corrected chi connectivity index (χ4v) is 2.54. The minimum absolute atomic E-state index is 0.111. The maximum atomic E-state index is 11.9. The molecule has 0 saturated carbocycles. The third-order valence-electron chi connectivity index (χ3n) is 2.34. The van der Waals surface area contributed by atoms with Crippen molar-refractivity contribution in [2.45, 2.75) is 17.9 Å². The van der Waals surface area contributed by atoms with Crippen molar-refractivity contribution in [1.82, 2.24) is 4.72 Å². The van der Waals surface area contributed by atoms with Gasteiger partial charge in [0.25, 0.3) is 0 Å². The summed E-state index contributed by atoms with van der Waals surface area (Å²) in [5, 5.41) is 8.72. The van der Waals surface area contributed by atoms with Gasteiger partial charge in [-0.25, -0.2) is 13.4 Å². The summed E-state index contributed by atoms with van der Waals surface area (Å²) in [7, 11) is -3.95. The fraction of sp³-hybridized carbons (Fsp3) is 0.182. The summed E-state index contributed by atoms with van der Waals surface area (Å²) >= 11 is 0. The molecule has 11 heteroatoms. The van der Waals surface area contributed by atoms with Gasteiger partial charge in [-0.1, -0.05) is 0 Å². The van der Waals surface area contributed by atoms with Crippen molar-refractivity contribution in [1.29, 1.82) is 0 Å². The molecular formula is C11H16N6O4S. The molecule has 22 heavy (non-hydrogen) atoms. The number of nitrogens with one attached hydrogen (secondary N) is 1. The van der Waals surface area contributed by atoms with Crippen LogP contribution in [0.2, 0.25) is 0 Å². The van der Waals surface area contributed by atoms with Gasteiger partial charge in [0.2, 0.25) is 16.0 Å². The van der Waals surface area contributed by atoms with Crippen LogP contribution >= 0.6 is 0 Å². The van der Waals surface area contributed by atoms with Crippen LogP contribution in [0, 0.1) is 0 Å². The molecule has 0 saturated heterocycles. The van der Waals surface area contributed by atoms with Gasteiger partial charge in [-0.05, 0) is 31.2 Å². The van der Waals surface area contributed by atoms with Crippen LogP contribution in [-0.4, -0.2) is 37.5 Å². The van der Waals surface area contributed by atoms with E-state index in [9.17, 15) is 13.2 Å². The van der Waals surface area contributed by atoms with Gasteiger partial charge in [-0.3, -0.25) is 4.79 Å². The predicted octanol–water partition coefficient (Wildman–Crippen LogP) is -1.34. The van der Waals surface area contributed by atoms with Crippen LogP contribution < -0.4 is 21.9 Å². The standard InChI is InChI=1S/C11H16N6O4S/c1-6(9(18)19)17-22(20,21)8-4-2-7(3-5-8)15-11(14)16-10(12)13/h2-6,17H,1H3,(H,18,19)(H6,12,13,14,15,16). The van der Waals surface area contributed by atoms with Gasteiger partial charge < -0.3 is 22.3 Å². The summed E-state index contributed by atoms with van der Waals surface area (Å²) in [4.78, 5) is 17.9. The van der Waals surface area contributed by atoms with Crippen LogP contribution in [0.15, 0.2) is 39.1 Å². The molecule has 0 fully saturated rings. The Bertz CT molecular complexity index is 707. The molecule has 0 spiro atoms. The van der Waals surface area contributed by atoms with Gasteiger partial charge in [-0.2, -0.15) is 9.71 Å². The number of carboxylic acids is 1. The molecule has 0 bridgehead atoms. The van der Waals surface area contributed by atoms with Gasteiger partial charge in [0.05, 0.1) is 10.6 Å². The number of aliphatic carboxylic acids is 1. The summed E-state index contributed by atoms with van der Waals surface area (Å²) in [5.74, 6) is -1.73. The quantitative estimate of drug-likeness (QED) is 0.326. The first-order valence-corrected chi connectivity index (χ1v) is 7.39. The van der Waals surface area contributed by atoms with E-state index >= 15 is 0 Å². The van der Waals surface area contributed by atoms with Crippen LogP contribution in [0.25, 0.3) is 0 Å². The van der Waals surface area contributed by atoms with Gasteiger partial charge in [0, 0.05) is 0 Å². The Hall–Kier alpha value is -2.66. The minimum atomic E-state index is -3.95. The Morgan fingerprint density at radius 3 is 2.23 bits per heavy atom. The lowest BCUT2D eigenvalue weighted by molar-refractivity contribution is -0.138. The molecule has 0 aromatic heterocycles. The summed E-state index contributed by atoms with van der Waals surface area (Å²) in [5.41, 5.74) is 16.0. The second kappa shape index (κ2) is 6.87. The zero-order valence-corrected chi connectivity index (χ0v) is 12.4. The second-order valence-electron chi connectivity index (χ2n) is 4.18. The van der Waals surface area contributed by atoms with Crippen LogP contribution in [-0.2, 0) is 14.8 Å². The number of nitrogens with zero attached hydrogens (tertiary/aromatic N) is 2. The number of nitrogens with two attached hydrogens (primary N) is 3. The van der Waals surface area contributed by atoms with E-state index in [4.69, 9.17) is 22.3 Å². The van der Waals surface area contributed by atoms with E-state index in [1.54, 1.807) is 0 Å². The van der Waals surface area contributed by atoms with Crippen molar-refractivity contribution in [2.24, 2.45) is 27.2 Å². The van der Waals surface area contributed by atoms with E-state index < -0.39 is 22.0 Å². The van der Waals surface area contributed by atoms with E-state index in [-0.39, 0.29) is 16.8 Å². The van der Waals surface area contributed by atoms with E-state index in [0.717, 1.165) is 0 Å². The molecule has 120 valence electrons. The number of guanidine groups is 2. The monoisotopic (exact) mass is 328 g/mol. The molecule has 0 heterocycles. The lowest BCUT2D eigenvalue weighted by Crippen LogP contribution is -2.38. The Morgan fingerprint density at radius 2 is 1.77 bits per heavy atom. The van der Waals surface area contributed by atoms with Gasteiger partial charge in [0.1, 0.15) is 6.04 Å². The molecule has 1 atom stereocenters. The van der Waals surface area contributed by atoms with Crippen molar-refractivity contribution < 1.29 is 18.3 Å². The largest absolute Gasteiger partial charge is 0.480 e. The number of carbonyl (C=O) groups is 1. The molecule has 1 aromatic rings. The highest BCUT2D eigenvalue weighted by Gasteiger charge is 2.21. The molecule has 0 amide bonds. The molecule has 10 nitrogen and oxygen atoms in total. The Kier molecular flexibility index (Phi) is 5.43. The van der Waals surface area contributed by atoms with Crippen LogP contribution in [0.5, 0.6) is 0 Å². The smallest absolute Gasteiger partial charge is 0.321 e. The SMILES string of the molecule is CC(NS(=O)(=O)c1ccc(N=C(N)N=C(N)N)cc1)C(=O)O. The minimum Gasteiger partial charge on any atom is -0.480 e. The number of sulfonamides is 1. The first kappa shape index (κ1) is 17.4. The number of hydrogen-bond acceptors (Lipinski definition) is 4. The van der Waals surface area contributed by atoms with Crippen molar-refractivity contribution in [3.63, 3.8) is 0 Å². The van der Waals surface area contributed by atoms with Crippen molar-refractivity contribution in [3.05, 3.63) is 24.3 Å². The van der Waals surface area contributed by atoms with Crippen LogP contribution in [0.1, 0.15) is 6.92 Å². The van der Waals surface area contributed by atoms with E-state index in [1.165, 1.54) is 31.2 Å².